The quantitative estimate of drug-likeness (QED) is 0.340. The van der Waals surface area contributed by atoms with Crippen molar-refractivity contribution in [2.24, 2.45) is 11.3 Å². The summed E-state index contributed by atoms with van der Waals surface area (Å²) >= 11 is 0. The van der Waals surface area contributed by atoms with Gasteiger partial charge in [0.05, 0.1) is 18.4 Å². The van der Waals surface area contributed by atoms with Crippen molar-refractivity contribution in [3.63, 3.8) is 0 Å². The normalized spacial score (nSPS) is 22.2. The molecule has 45 heavy (non-hydrogen) atoms. The third kappa shape index (κ3) is 6.55. The number of halogens is 2. The smallest absolute Gasteiger partial charge is 0.342 e. The van der Waals surface area contributed by atoms with Gasteiger partial charge in [0.25, 0.3) is 11.8 Å². The molecule has 4 heterocycles. The van der Waals surface area contributed by atoms with E-state index in [4.69, 9.17) is 0 Å². The standard InChI is InChI=1S/C32H44F2N8O3/c1-20(2)42-19-32(33,34)29(45)40(3)25-17-36-30(39-27(25)42)38-24-5-4-22(14-26(24)43)28(44)37-23-15-31(16-23)8-12-41(13-9-31)18-21-6-10-35-11-7-21/h4-5,14,17,20-21,23,35,43H,6-13,15-16,18-19H2,1-3H3,(H,37,44)(H,36,38,39). The van der Waals surface area contributed by atoms with Crippen molar-refractivity contribution < 1.29 is 23.5 Å². The van der Waals surface area contributed by atoms with Gasteiger partial charge in [-0.15, -0.1) is 0 Å². The average molecular weight is 627 g/mol. The number of carbonyl (C=O) groups is 2. The summed E-state index contributed by atoms with van der Waals surface area (Å²) in [5.41, 5.74) is 1.08. The molecule has 0 unspecified atom stereocenters. The van der Waals surface area contributed by atoms with Gasteiger partial charge in [-0.2, -0.15) is 13.8 Å². The topological polar surface area (TPSA) is 126 Å². The monoisotopic (exact) mass is 626 g/mol. The SMILES string of the molecule is CC(C)N1CC(F)(F)C(=O)N(C)c2cnc(Nc3ccc(C(=O)NC4CC5(CCN(CC6CCNCC6)CC5)C4)cc3O)nc21. The highest BCUT2D eigenvalue weighted by atomic mass is 19.3. The lowest BCUT2D eigenvalue weighted by molar-refractivity contribution is -0.140. The van der Waals surface area contributed by atoms with Crippen LogP contribution in [0.4, 0.5) is 31.9 Å². The summed E-state index contributed by atoms with van der Waals surface area (Å²) in [4.78, 5) is 38.9. The Hall–Kier alpha value is -3.58. The number of fused-ring (bicyclic) bond motifs is 1. The molecule has 3 aliphatic heterocycles. The molecule has 1 aromatic heterocycles. The number of amides is 2. The fourth-order valence-corrected chi connectivity index (χ4v) is 7.32. The molecule has 2 aromatic rings. The molecule has 244 valence electrons. The highest BCUT2D eigenvalue weighted by Crippen LogP contribution is 2.49. The van der Waals surface area contributed by atoms with Crippen molar-refractivity contribution in [2.45, 2.75) is 70.4 Å². The molecule has 1 spiro atoms. The zero-order valence-electron chi connectivity index (χ0n) is 26.3. The molecule has 3 fully saturated rings. The minimum atomic E-state index is -3.59. The summed E-state index contributed by atoms with van der Waals surface area (Å²) in [5, 5.41) is 20.2. The van der Waals surface area contributed by atoms with Crippen LogP contribution >= 0.6 is 0 Å². The van der Waals surface area contributed by atoms with Crippen molar-refractivity contribution in [3.05, 3.63) is 30.0 Å². The number of piperidine rings is 2. The zero-order valence-corrected chi connectivity index (χ0v) is 26.3. The molecule has 1 aromatic carbocycles. The summed E-state index contributed by atoms with van der Waals surface area (Å²) in [6.45, 7) is 8.41. The third-order valence-corrected chi connectivity index (χ3v) is 10.1. The first-order valence-corrected chi connectivity index (χ1v) is 16.1. The van der Waals surface area contributed by atoms with Gasteiger partial charge < -0.3 is 35.8 Å². The van der Waals surface area contributed by atoms with E-state index in [9.17, 15) is 23.5 Å². The van der Waals surface area contributed by atoms with Gasteiger partial charge >= 0.3 is 5.92 Å². The Morgan fingerprint density at radius 3 is 2.56 bits per heavy atom. The summed E-state index contributed by atoms with van der Waals surface area (Å²) in [6, 6.07) is 4.32. The number of phenols is 1. The molecule has 2 saturated heterocycles. The van der Waals surface area contributed by atoms with Crippen molar-refractivity contribution >= 4 is 35.0 Å². The zero-order chi connectivity index (χ0) is 31.9. The van der Waals surface area contributed by atoms with E-state index in [1.54, 1.807) is 26.0 Å². The molecule has 4 N–H and O–H groups in total. The van der Waals surface area contributed by atoms with Crippen LogP contribution in [0.25, 0.3) is 0 Å². The summed E-state index contributed by atoms with van der Waals surface area (Å²) < 4.78 is 29.2. The molecule has 6 rings (SSSR count). The number of carbonyl (C=O) groups excluding carboxylic acids is 2. The fourth-order valence-electron chi connectivity index (χ4n) is 7.32. The van der Waals surface area contributed by atoms with Gasteiger partial charge in [-0.25, -0.2) is 4.98 Å². The molecule has 1 saturated carbocycles. The van der Waals surface area contributed by atoms with E-state index in [-0.39, 0.29) is 46.9 Å². The Kier molecular flexibility index (Phi) is 8.59. The number of benzene rings is 1. The Morgan fingerprint density at radius 1 is 1.18 bits per heavy atom. The number of likely N-dealkylation sites (tertiary alicyclic amines) is 1. The van der Waals surface area contributed by atoms with Crippen LogP contribution < -0.4 is 25.8 Å². The van der Waals surface area contributed by atoms with E-state index >= 15 is 0 Å². The van der Waals surface area contributed by atoms with Gasteiger partial charge in [0.1, 0.15) is 11.4 Å². The highest BCUT2D eigenvalue weighted by Gasteiger charge is 2.48. The van der Waals surface area contributed by atoms with Crippen LogP contribution in [0.2, 0.25) is 0 Å². The van der Waals surface area contributed by atoms with Crippen LogP contribution in [0.3, 0.4) is 0 Å². The van der Waals surface area contributed by atoms with Crippen molar-refractivity contribution in [1.29, 1.82) is 0 Å². The largest absolute Gasteiger partial charge is 0.506 e. The number of aromatic nitrogens is 2. The number of hydrogen-bond donors (Lipinski definition) is 4. The first-order valence-electron chi connectivity index (χ1n) is 16.1. The van der Waals surface area contributed by atoms with Gasteiger partial charge in [-0.05, 0) is 108 Å². The summed E-state index contributed by atoms with van der Waals surface area (Å²) in [5.74, 6) is -4.28. The lowest BCUT2D eigenvalue weighted by Crippen LogP contribution is -2.55. The molecule has 13 heteroatoms. The van der Waals surface area contributed by atoms with Crippen molar-refractivity contribution in [1.82, 2.24) is 25.5 Å². The average Bonchev–Trinajstić information content (AvgIpc) is 3.07. The Bertz CT molecular complexity index is 1420. The number of aromatic hydroxyl groups is 1. The molecule has 11 nitrogen and oxygen atoms in total. The number of nitrogens with one attached hydrogen (secondary N) is 3. The number of alkyl halides is 2. The Balaban J connectivity index is 1.04. The fraction of sp³-hybridized carbons (Fsp3) is 0.625. The number of anilines is 4. The maximum Gasteiger partial charge on any atom is 0.342 e. The van der Waals surface area contributed by atoms with Crippen LogP contribution in [0.15, 0.2) is 24.4 Å². The lowest BCUT2D eigenvalue weighted by Gasteiger charge is -2.52. The number of phenolic OH excluding ortho intramolecular Hbond substituents is 1. The molecule has 2 amide bonds. The van der Waals surface area contributed by atoms with Gasteiger partial charge in [0, 0.05) is 31.2 Å². The van der Waals surface area contributed by atoms with Crippen LogP contribution in [-0.2, 0) is 4.79 Å². The number of nitrogens with zero attached hydrogens (tertiary/aromatic N) is 5. The lowest BCUT2D eigenvalue weighted by atomic mass is 9.60. The molecular formula is C32H44F2N8O3. The molecule has 0 radical (unpaired) electrons. The summed E-state index contributed by atoms with van der Waals surface area (Å²) in [7, 11) is 1.27. The van der Waals surface area contributed by atoms with Gasteiger partial charge in [-0.1, -0.05) is 0 Å². The highest BCUT2D eigenvalue weighted by molar-refractivity contribution is 6.02. The van der Waals surface area contributed by atoms with Crippen molar-refractivity contribution in [3.8, 4) is 5.75 Å². The van der Waals surface area contributed by atoms with Crippen molar-refractivity contribution in [2.75, 3.05) is 61.4 Å². The second-order valence-electron chi connectivity index (χ2n) is 13.6. The number of rotatable bonds is 7. The predicted molar refractivity (Wildman–Crippen MR) is 168 cm³/mol. The van der Waals surface area contributed by atoms with Crippen LogP contribution in [0, 0.1) is 11.3 Å². The second-order valence-corrected chi connectivity index (χ2v) is 13.6. The minimum absolute atomic E-state index is 0.0551. The molecule has 0 atom stereocenters. The van der Waals surface area contributed by atoms with E-state index in [1.807, 2.05) is 0 Å². The summed E-state index contributed by atoms with van der Waals surface area (Å²) in [6.07, 6.45) is 8.18. The van der Waals surface area contributed by atoms with Crippen LogP contribution in [-0.4, -0.2) is 96.1 Å². The predicted octanol–water partition coefficient (Wildman–Crippen LogP) is 3.73. The van der Waals surface area contributed by atoms with Gasteiger partial charge in [-0.3, -0.25) is 9.59 Å². The van der Waals surface area contributed by atoms with Gasteiger partial charge in [0.2, 0.25) is 5.95 Å². The van der Waals surface area contributed by atoms with E-state index in [0.717, 1.165) is 49.8 Å². The Labute approximate surface area is 262 Å². The second kappa shape index (κ2) is 12.3. The molecule has 4 aliphatic rings. The van der Waals surface area contributed by atoms with Crippen LogP contribution in [0.1, 0.15) is 62.7 Å². The first-order chi connectivity index (χ1) is 21.4. The van der Waals surface area contributed by atoms with E-state index in [1.165, 1.54) is 56.4 Å². The third-order valence-electron chi connectivity index (χ3n) is 10.1. The maximum absolute atomic E-state index is 14.6. The van der Waals surface area contributed by atoms with E-state index < -0.39 is 18.4 Å². The van der Waals surface area contributed by atoms with Crippen LogP contribution in [0.5, 0.6) is 5.75 Å². The Morgan fingerprint density at radius 2 is 1.89 bits per heavy atom. The molecule has 0 bridgehead atoms. The van der Waals surface area contributed by atoms with E-state index in [2.05, 4.69) is 30.8 Å². The van der Waals surface area contributed by atoms with E-state index in [0.29, 0.717) is 11.0 Å². The minimum Gasteiger partial charge on any atom is -0.506 e. The first kappa shape index (κ1) is 31.4. The van der Waals surface area contributed by atoms with Gasteiger partial charge in [0.15, 0.2) is 5.82 Å². The number of hydrogen-bond acceptors (Lipinski definition) is 9. The maximum atomic E-state index is 14.6. The molecular weight excluding hydrogens is 582 g/mol. The molecule has 1 aliphatic carbocycles.